The Balaban J connectivity index is 3.04. The summed E-state index contributed by atoms with van der Waals surface area (Å²) in [4.78, 5) is 25.4. The molecule has 1 atom stereocenters. The molecule has 146 valence electrons. The van der Waals surface area contributed by atoms with Crippen LogP contribution in [0, 0.1) is 35.0 Å². The van der Waals surface area contributed by atoms with Crippen LogP contribution in [0.15, 0.2) is 35.4 Å². The smallest absolute Gasteiger partial charge is 0.339 e. The Labute approximate surface area is 162 Å². The number of ether oxygens (including phenoxy) is 4. The average molecular weight is 384 g/mol. The molecule has 28 heavy (non-hydrogen) atoms. The van der Waals surface area contributed by atoms with E-state index in [-0.39, 0.29) is 11.1 Å². The lowest BCUT2D eigenvalue weighted by Gasteiger charge is -2.38. The van der Waals surface area contributed by atoms with Crippen molar-refractivity contribution in [1.82, 2.24) is 0 Å². The zero-order chi connectivity index (χ0) is 21.1. The fraction of sp³-hybridized carbons (Fsp3) is 0.400. The predicted molar refractivity (Wildman–Crippen MR) is 95.4 cm³/mol. The van der Waals surface area contributed by atoms with Crippen molar-refractivity contribution in [2.24, 2.45) is 5.41 Å². The van der Waals surface area contributed by atoms with Gasteiger partial charge in [-0.3, -0.25) is 0 Å². The van der Waals surface area contributed by atoms with E-state index in [9.17, 15) is 20.1 Å². The van der Waals surface area contributed by atoms with Gasteiger partial charge in [0.05, 0.1) is 37.8 Å². The van der Waals surface area contributed by atoms with Crippen molar-refractivity contribution < 1.29 is 28.5 Å². The van der Waals surface area contributed by atoms with E-state index in [1.165, 1.54) is 14.2 Å². The quantitative estimate of drug-likeness (QED) is 0.556. The normalized spacial score (nSPS) is 19.5. The fourth-order valence-corrected chi connectivity index (χ4v) is 3.69. The lowest BCUT2D eigenvalue weighted by Crippen LogP contribution is -2.52. The SMILES string of the molecule is COC(=O)C1=C(C(=O)OC)C(OC)(OC)C(C#N)(C#N)C1c1ccc(C)cc1. The van der Waals surface area contributed by atoms with Crippen molar-refractivity contribution >= 4 is 11.9 Å². The van der Waals surface area contributed by atoms with Gasteiger partial charge in [-0.15, -0.1) is 0 Å². The molecular weight excluding hydrogens is 364 g/mol. The molecule has 0 amide bonds. The first-order valence-electron chi connectivity index (χ1n) is 8.24. The number of rotatable bonds is 5. The molecule has 1 aromatic rings. The summed E-state index contributed by atoms with van der Waals surface area (Å²) in [6, 6.07) is 10.7. The van der Waals surface area contributed by atoms with Crippen LogP contribution in [0.4, 0.5) is 0 Å². The zero-order valence-corrected chi connectivity index (χ0v) is 16.2. The minimum Gasteiger partial charge on any atom is -0.466 e. The molecule has 0 spiro atoms. The largest absolute Gasteiger partial charge is 0.466 e. The average Bonchev–Trinajstić information content (AvgIpc) is 3.00. The van der Waals surface area contributed by atoms with Gasteiger partial charge in [0.2, 0.25) is 11.2 Å². The summed E-state index contributed by atoms with van der Waals surface area (Å²) in [5, 5.41) is 20.2. The molecule has 2 rings (SSSR count). The van der Waals surface area contributed by atoms with Crippen molar-refractivity contribution in [3.8, 4) is 12.1 Å². The van der Waals surface area contributed by atoms with Crippen molar-refractivity contribution in [2.75, 3.05) is 28.4 Å². The summed E-state index contributed by atoms with van der Waals surface area (Å²) in [5.74, 6) is -5.20. The molecular formula is C20H20N2O6. The fourth-order valence-electron chi connectivity index (χ4n) is 3.69. The standard InChI is InChI=1S/C20H20N2O6/c1-12-6-8-13(9-7-12)15-14(17(23)25-2)16(18(24)26-3)20(27-4,28-5)19(15,10-21)11-22/h6-9,15H,1-5H3. The first kappa shape index (κ1) is 21.1. The van der Waals surface area contributed by atoms with Gasteiger partial charge in [0.1, 0.15) is 5.57 Å². The van der Waals surface area contributed by atoms with Gasteiger partial charge in [0.25, 0.3) is 0 Å². The number of nitrogens with zero attached hydrogens (tertiary/aromatic N) is 2. The summed E-state index contributed by atoms with van der Waals surface area (Å²) in [6.07, 6.45) is 0. The molecule has 0 radical (unpaired) electrons. The van der Waals surface area contributed by atoms with Gasteiger partial charge in [-0.2, -0.15) is 10.5 Å². The molecule has 0 bridgehead atoms. The molecule has 1 aliphatic rings. The van der Waals surface area contributed by atoms with E-state index in [4.69, 9.17) is 18.9 Å². The summed E-state index contributed by atoms with van der Waals surface area (Å²) in [7, 11) is 4.61. The molecule has 0 heterocycles. The first-order chi connectivity index (χ1) is 13.3. The Bertz CT molecular complexity index is 886. The number of hydrogen-bond donors (Lipinski definition) is 0. The second-order valence-corrected chi connectivity index (χ2v) is 6.17. The molecule has 0 saturated carbocycles. The maximum Gasteiger partial charge on any atom is 0.339 e. The van der Waals surface area contributed by atoms with Crippen molar-refractivity contribution in [3.05, 3.63) is 46.5 Å². The van der Waals surface area contributed by atoms with Crippen LogP contribution in [-0.4, -0.2) is 46.2 Å². The molecule has 0 N–H and O–H groups in total. The summed E-state index contributed by atoms with van der Waals surface area (Å²) in [5.41, 5.74) is -1.31. The second-order valence-electron chi connectivity index (χ2n) is 6.17. The Morgan fingerprint density at radius 1 is 0.929 bits per heavy atom. The maximum absolute atomic E-state index is 12.7. The van der Waals surface area contributed by atoms with Crippen LogP contribution in [0.3, 0.4) is 0 Å². The Morgan fingerprint density at radius 2 is 1.43 bits per heavy atom. The van der Waals surface area contributed by atoms with Crippen LogP contribution in [0.1, 0.15) is 17.0 Å². The lowest BCUT2D eigenvalue weighted by atomic mass is 9.70. The highest BCUT2D eigenvalue weighted by Crippen LogP contribution is 2.60. The van der Waals surface area contributed by atoms with E-state index in [1.54, 1.807) is 24.3 Å². The van der Waals surface area contributed by atoms with E-state index in [2.05, 4.69) is 0 Å². The molecule has 0 aliphatic heterocycles. The summed E-state index contributed by atoms with van der Waals surface area (Å²) in [6.45, 7) is 1.87. The second kappa shape index (κ2) is 7.81. The molecule has 1 aliphatic carbocycles. The molecule has 0 fully saturated rings. The van der Waals surface area contributed by atoms with Crippen LogP contribution >= 0.6 is 0 Å². The van der Waals surface area contributed by atoms with Gasteiger partial charge < -0.3 is 18.9 Å². The van der Waals surface area contributed by atoms with Crippen molar-refractivity contribution in [3.63, 3.8) is 0 Å². The van der Waals surface area contributed by atoms with Crippen molar-refractivity contribution in [1.29, 1.82) is 10.5 Å². The number of benzene rings is 1. The highest BCUT2D eigenvalue weighted by molar-refractivity contribution is 6.05. The number of carbonyl (C=O) groups is 2. The third kappa shape index (κ3) is 2.66. The van der Waals surface area contributed by atoms with Crippen LogP contribution in [0.5, 0.6) is 0 Å². The Kier molecular flexibility index (Phi) is 5.89. The number of carbonyl (C=O) groups excluding carboxylic acids is 2. The molecule has 1 unspecified atom stereocenters. The third-order valence-electron chi connectivity index (χ3n) is 4.97. The Morgan fingerprint density at radius 3 is 1.82 bits per heavy atom. The third-order valence-corrected chi connectivity index (χ3v) is 4.97. The number of methoxy groups -OCH3 is 4. The van der Waals surface area contributed by atoms with Crippen molar-refractivity contribution in [2.45, 2.75) is 18.6 Å². The van der Waals surface area contributed by atoms with E-state index < -0.39 is 29.1 Å². The summed E-state index contributed by atoms with van der Waals surface area (Å²) < 4.78 is 20.6. The summed E-state index contributed by atoms with van der Waals surface area (Å²) >= 11 is 0. The Hall–Kier alpha value is -3.20. The molecule has 0 saturated heterocycles. The monoisotopic (exact) mass is 384 g/mol. The van der Waals surface area contributed by atoms with Gasteiger partial charge in [-0.05, 0) is 12.5 Å². The van der Waals surface area contributed by atoms with E-state index in [0.29, 0.717) is 5.56 Å². The van der Waals surface area contributed by atoms with E-state index in [1.807, 2.05) is 19.1 Å². The highest BCUT2D eigenvalue weighted by Gasteiger charge is 2.71. The number of hydrogen-bond acceptors (Lipinski definition) is 8. The molecule has 1 aromatic carbocycles. The van der Waals surface area contributed by atoms with Gasteiger partial charge in [0, 0.05) is 14.2 Å². The number of esters is 2. The topological polar surface area (TPSA) is 119 Å². The molecule has 8 nitrogen and oxygen atoms in total. The number of aryl methyl sites for hydroxylation is 1. The zero-order valence-electron chi connectivity index (χ0n) is 16.2. The van der Waals surface area contributed by atoms with E-state index >= 15 is 0 Å². The van der Waals surface area contributed by atoms with E-state index in [0.717, 1.165) is 19.8 Å². The first-order valence-corrected chi connectivity index (χ1v) is 8.24. The van der Waals surface area contributed by atoms with Crippen LogP contribution in [0.2, 0.25) is 0 Å². The maximum atomic E-state index is 12.7. The molecule has 8 heteroatoms. The van der Waals surface area contributed by atoms with Gasteiger partial charge in [-0.1, -0.05) is 29.8 Å². The lowest BCUT2D eigenvalue weighted by molar-refractivity contribution is -0.218. The van der Waals surface area contributed by atoms with Crippen LogP contribution in [-0.2, 0) is 28.5 Å². The van der Waals surface area contributed by atoms with Crippen LogP contribution in [0.25, 0.3) is 0 Å². The highest BCUT2D eigenvalue weighted by atomic mass is 16.7. The van der Waals surface area contributed by atoms with Gasteiger partial charge in [-0.25, -0.2) is 9.59 Å². The van der Waals surface area contributed by atoms with Gasteiger partial charge in [0.15, 0.2) is 0 Å². The minimum absolute atomic E-state index is 0.218. The molecule has 0 aromatic heterocycles. The van der Waals surface area contributed by atoms with Gasteiger partial charge >= 0.3 is 11.9 Å². The minimum atomic E-state index is -2.16. The number of nitriles is 2. The van der Waals surface area contributed by atoms with Crippen LogP contribution < -0.4 is 0 Å². The predicted octanol–water partition coefficient (Wildman–Crippen LogP) is 1.76.